The Bertz CT molecular complexity index is 652. The number of nitrogens with one attached hydrogen (secondary N) is 1. The van der Waals surface area contributed by atoms with Gasteiger partial charge in [-0.1, -0.05) is 0 Å². The van der Waals surface area contributed by atoms with Crippen LogP contribution in [-0.4, -0.2) is 34.1 Å². The molecular formula is C16H18N4O3. The number of aromatic nitrogens is 3. The summed E-state index contributed by atoms with van der Waals surface area (Å²) in [7, 11) is 1.48. The van der Waals surface area contributed by atoms with Crippen LogP contribution in [0.2, 0.25) is 0 Å². The van der Waals surface area contributed by atoms with Crippen LogP contribution in [0.25, 0.3) is 0 Å². The Labute approximate surface area is 134 Å². The van der Waals surface area contributed by atoms with E-state index in [4.69, 9.17) is 9.47 Å². The van der Waals surface area contributed by atoms with Gasteiger partial charge in [-0.05, 0) is 31.7 Å². The molecule has 1 fully saturated rings. The fourth-order valence-corrected chi connectivity index (χ4v) is 2.45. The second-order valence-corrected chi connectivity index (χ2v) is 5.32. The average Bonchev–Trinajstić information content (AvgIpc) is 3.09. The highest BCUT2D eigenvalue weighted by molar-refractivity contribution is 6.03. The Morgan fingerprint density at radius 2 is 1.87 bits per heavy atom. The number of hydrogen-bond acceptors (Lipinski definition) is 6. The van der Waals surface area contributed by atoms with E-state index in [0.717, 1.165) is 12.8 Å². The lowest BCUT2D eigenvalue weighted by Crippen LogP contribution is -2.14. The molecule has 0 atom stereocenters. The van der Waals surface area contributed by atoms with E-state index in [2.05, 4.69) is 20.3 Å². The van der Waals surface area contributed by atoms with Crippen LogP contribution in [0.15, 0.2) is 30.7 Å². The van der Waals surface area contributed by atoms with Crippen LogP contribution in [0.1, 0.15) is 36.0 Å². The third kappa shape index (κ3) is 3.94. The van der Waals surface area contributed by atoms with Crippen molar-refractivity contribution in [2.75, 3.05) is 12.4 Å². The first-order valence-electron chi connectivity index (χ1n) is 7.54. The van der Waals surface area contributed by atoms with Crippen molar-refractivity contribution in [3.63, 3.8) is 0 Å². The predicted octanol–water partition coefficient (Wildman–Crippen LogP) is 2.45. The molecule has 1 aliphatic rings. The molecule has 23 heavy (non-hydrogen) atoms. The van der Waals surface area contributed by atoms with Crippen molar-refractivity contribution >= 4 is 11.6 Å². The van der Waals surface area contributed by atoms with Crippen molar-refractivity contribution in [3.8, 4) is 11.9 Å². The molecule has 1 saturated carbocycles. The molecule has 7 nitrogen and oxygen atoms in total. The molecule has 1 amide bonds. The summed E-state index contributed by atoms with van der Waals surface area (Å²) in [5, 5.41) is 2.70. The van der Waals surface area contributed by atoms with Crippen LogP contribution in [-0.2, 0) is 0 Å². The number of methoxy groups -OCH3 is 1. The number of nitrogens with zero attached hydrogens (tertiary/aromatic N) is 3. The van der Waals surface area contributed by atoms with Crippen molar-refractivity contribution in [1.82, 2.24) is 15.0 Å². The van der Waals surface area contributed by atoms with Crippen molar-refractivity contribution in [2.45, 2.75) is 31.8 Å². The molecule has 1 aliphatic carbocycles. The van der Waals surface area contributed by atoms with Gasteiger partial charge in [0.15, 0.2) is 0 Å². The van der Waals surface area contributed by atoms with Crippen LogP contribution in [0.3, 0.4) is 0 Å². The van der Waals surface area contributed by atoms with E-state index in [1.54, 1.807) is 12.1 Å². The third-order valence-corrected chi connectivity index (χ3v) is 3.66. The zero-order chi connectivity index (χ0) is 16.1. The SMILES string of the molecule is COc1ncc(NC(=O)c2ccc(OC3CCCC3)nc2)cn1. The molecule has 0 aliphatic heterocycles. The highest BCUT2D eigenvalue weighted by Gasteiger charge is 2.17. The number of carbonyl (C=O) groups is 1. The molecule has 2 aromatic heterocycles. The van der Waals surface area contributed by atoms with Gasteiger partial charge in [-0.3, -0.25) is 4.79 Å². The normalized spacial score (nSPS) is 14.5. The minimum absolute atomic E-state index is 0.248. The summed E-state index contributed by atoms with van der Waals surface area (Å²) >= 11 is 0. The summed E-state index contributed by atoms with van der Waals surface area (Å²) in [6.45, 7) is 0. The van der Waals surface area contributed by atoms with Crippen molar-refractivity contribution in [1.29, 1.82) is 0 Å². The van der Waals surface area contributed by atoms with Gasteiger partial charge in [-0.2, -0.15) is 0 Å². The first-order chi connectivity index (χ1) is 11.2. The highest BCUT2D eigenvalue weighted by Crippen LogP contribution is 2.23. The Morgan fingerprint density at radius 3 is 2.48 bits per heavy atom. The van der Waals surface area contributed by atoms with Crippen LogP contribution < -0.4 is 14.8 Å². The molecule has 0 saturated heterocycles. The molecule has 0 aromatic carbocycles. The minimum Gasteiger partial charge on any atom is -0.474 e. The maximum absolute atomic E-state index is 12.1. The van der Waals surface area contributed by atoms with E-state index in [9.17, 15) is 4.79 Å². The van der Waals surface area contributed by atoms with Gasteiger partial charge in [0.2, 0.25) is 5.88 Å². The van der Waals surface area contributed by atoms with E-state index in [1.807, 2.05) is 0 Å². The lowest BCUT2D eigenvalue weighted by atomic mass is 10.2. The van der Waals surface area contributed by atoms with E-state index < -0.39 is 0 Å². The number of carbonyl (C=O) groups excluding carboxylic acids is 1. The van der Waals surface area contributed by atoms with E-state index in [1.165, 1.54) is 38.5 Å². The summed E-state index contributed by atoms with van der Waals surface area (Å²) in [6, 6.07) is 3.66. The number of anilines is 1. The monoisotopic (exact) mass is 314 g/mol. The summed E-state index contributed by atoms with van der Waals surface area (Å²) in [6.07, 6.45) is 9.26. The zero-order valence-electron chi connectivity index (χ0n) is 12.9. The molecular weight excluding hydrogens is 296 g/mol. The number of rotatable bonds is 5. The second kappa shape index (κ2) is 7.04. The lowest BCUT2D eigenvalue weighted by Gasteiger charge is -2.12. The van der Waals surface area contributed by atoms with Gasteiger partial charge in [0.05, 0.1) is 30.8 Å². The Hall–Kier alpha value is -2.70. The lowest BCUT2D eigenvalue weighted by molar-refractivity contribution is 0.102. The smallest absolute Gasteiger partial charge is 0.316 e. The van der Waals surface area contributed by atoms with E-state index >= 15 is 0 Å². The van der Waals surface area contributed by atoms with Gasteiger partial charge in [0.1, 0.15) is 6.10 Å². The Morgan fingerprint density at radius 1 is 1.13 bits per heavy atom. The molecule has 2 heterocycles. The molecule has 3 rings (SSSR count). The van der Waals surface area contributed by atoms with E-state index in [-0.39, 0.29) is 18.0 Å². The van der Waals surface area contributed by atoms with Crippen molar-refractivity contribution < 1.29 is 14.3 Å². The summed E-state index contributed by atoms with van der Waals surface area (Å²) in [4.78, 5) is 24.2. The molecule has 0 unspecified atom stereocenters. The Kier molecular flexibility index (Phi) is 4.65. The maximum atomic E-state index is 12.1. The van der Waals surface area contributed by atoms with Crippen molar-refractivity contribution in [2.24, 2.45) is 0 Å². The molecule has 2 aromatic rings. The highest BCUT2D eigenvalue weighted by atomic mass is 16.5. The van der Waals surface area contributed by atoms with Gasteiger partial charge >= 0.3 is 6.01 Å². The topological polar surface area (TPSA) is 86.2 Å². The largest absolute Gasteiger partial charge is 0.474 e. The van der Waals surface area contributed by atoms with Crippen LogP contribution in [0.4, 0.5) is 5.69 Å². The summed E-state index contributed by atoms with van der Waals surface area (Å²) < 4.78 is 10.6. The fourth-order valence-electron chi connectivity index (χ4n) is 2.45. The van der Waals surface area contributed by atoms with E-state index in [0.29, 0.717) is 17.1 Å². The number of ether oxygens (including phenoxy) is 2. The molecule has 1 N–H and O–H groups in total. The molecule has 0 bridgehead atoms. The van der Waals surface area contributed by atoms with Gasteiger partial charge in [0.25, 0.3) is 5.91 Å². The van der Waals surface area contributed by atoms with Crippen LogP contribution in [0.5, 0.6) is 11.9 Å². The number of amides is 1. The van der Waals surface area contributed by atoms with Gasteiger partial charge in [-0.25, -0.2) is 15.0 Å². The number of pyridine rings is 1. The quantitative estimate of drug-likeness (QED) is 0.912. The van der Waals surface area contributed by atoms with Gasteiger partial charge in [-0.15, -0.1) is 0 Å². The van der Waals surface area contributed by atoms with Gasteiger partial charge < -0.3 is 14.8 Å². The van der Waals surface area contributed by atoms with Crippen LogP contribution in [0, 0.1) is 0 Å². The molecule has 0 spiro atoms. The average molecular weight is 314 g/mol. The number of hydrogen-bond donors (Lipinski definition) is 1. The first kappa shape index (κ1) is 15.2. The fraction of sp³-hybridized carbons (Fsp3) is 0.375. The maximum Gasteiger partial charge on any atom is 0.316 e. The first-order valence-corrected chi connectivity index (χ1v) is 7.54. The standard InChI is InChI=1S/C16H18N4O3/c1-22-16-18-9-12(10-19-16)20-15(21)11-6-7-14(17-8-11)23-13-4-2-3-5-13/h6-10,13H,2-5H2,1H3,(H,20,21). The second-order valence-electron chi connectivity index (χ2n) is 5.32. The third-order valence-electron chi connectivity index (χ3n) is 3.66. The predicted molar refractivity (Wildman–Crippen MR) is 83.7 cm³/mol. The Balaban J connectivity index is 1.60. The summed E-state index contributed by atoms with van der Waals surface area (Å²) in [5.41, 5.74) is 0.932. The molecule has 120 valence electrons. The molecule has 7 heteroatoms. The zero-order valence-corrected chi connectivity index (χ0v) is 12.9. The van der Waals surface area contributed by atoms with Crippen LogP contribution >= 0.6 is 0 Å². The minimum atomic E-state index is -0.279. The summed E-state index contributed by atoms with van der Waals surface area (Å²) in [5.74, 6) is 0.278. The molecule has 0 radical (unpaired) electrons. The van der Waals surface area contributed by atoms with Crippen molar-refractivity contribution in [3.05, 3.63) is 36.3 Å². The van der Waals surface area contributed by atoms with Gasteiger partial charge in [0, 0.05) is 12.3 Å².